The van der Waals surface area contributed by atoms with Crippen LogP contribution in [0.15, 0.2) is 23.2 Å². The van der Waals surface area contributed by atoms with E-state index in [1.807, 2.05) is 6.92 Å². The molecule has 0 amide bonds. The Morgan fingerprint density at radius 3 is 2.82 bits per heavy atom. The van der Waals surface area contributed by atoms with Crippen LogP contribution in [-0.4, -0.2) is 6.21 Å². The summed E-state index contributed by atoms with van der Waals surface area (Å²) in [6, 6.07) is 5.24. The highest BCUT2D eigenvalue weighted by Crippen LogP contribution is 2.24. The van der Waals surface area contributed by atoms with Crippen molar-refractivity contribution in [3.63, 3.8) is 0 Å². The molecule has 0 bridgehead atoms. The Hall–Kier alpha value is -1.02. The molecule has 0 aliphatic rings. The standard InChI is InChI=1S/C8H9ClN2/c1-2-11-8-4-3-6(9)5-7(8)10/h2-5H,10H2,1H3. The van der Waals surface area contributed by atoms with E-state index in [1.54, 1.807) is 24.4 Å². The number of halogens is 1. The summed E-state index contributed by atoms with van der Waals surface area (Å²) in [4.78, 5) is 4.04. The lowest BCUT2D eigenvalue weighted by Crippen LogP contribution is -1.84. The first-order chi connectivity index (χ1) is 5.24. The molecule has 0 unspecified atom stereocenters. The minimum absolute atomic E-state index is 0.607. The van der Waals surface area contributed by atoms with Crippen molar-refractivity contribution < 1.29 is 0 Å². The van der Waals surface area contributed by atoms with Crippen LogP contribution in [0.1, 0.15) is 6.92 Å². The number of nitrogen functional groups attached to an aromatic ring is 1. The third-order valence-electron chi connectivity index (χ3n) is 1.26. The molecule has 0 fully saturated rings. The number of hydrogen-bond acceptors (Lipinski definition) is 2. The van der Waals surface area contributed by atoms with Gasteiger partial charge in [0.2, 0.25) is 0 Å². The van der Waals surface area contributed by atoms with Crippen molar-refractivity contribution in [1.82, 2.24) is 0 Å². The van der Waals surface area contributed by atoms with E-state index >= 15 is 0 Å². The number of hydrogen-bond donors (Lipinski definition) is 1. The van der Waals surface area contributed by atoms with Crippen LogP contribution in [0.3, 0.4) is 0 Å². The fraction of sp³-hybridized carbons (Fsp3) is 0.125. The van der Waals surface area contributed by atoms with Gasteiger partial charge in [-0.2, -0.15) is 0 Å². The molecule has 0 aromatic heterocycles. The summed E-state index contributed by atoms with van der Waals surface area (Å²) in [5.74, 6) is 0. The van der Waals surface area contributed by atoms with Crippen LogP contribution in [-0.2, 0) is 0 Å². The first-order valence-corrected chi connectivity index (χ1v) is 3.65. The quantitative estimate of drug-likeness (QED) is 0.508. The minimum atomic E-state index is 0.607. The van der Waals surface area contributed by atoms with Gasteiger partial charge in [-0.3, -0.25) is 4.99 Å². The molecule has 0 atom stereocenters. The van der Waals surface area contributed by atoms with E-state index in [2.05, 4.69) is 4.99 Å². The van der Waals surface area contributed by atoms with E-state index in [0.29, 0.717) is 10.7 Å². The van der Waals surface area contributed by atoms with Crippen molar-refractivity contribution in [2.75, 3.05) is 5.73 Å². The summed E-state index contributed by atoms with van der Waals surface area (Å²) in [6.45, 7) is 1.84. The zero-order valence-corrected chi connectivity index (χ0v) is 6.97. The molecular formula is C8H9ClN2. The summed E-state index contributed by atoms with van der Waals surface area (Å²) >= 11 is 5.69. The van der Waals surface area contributed by atoms with Crippen LogP contribution in [0.25, 0.3) is 0 Å². The Morgan fingerprint density at radius 2 is 2.27 bits per heavy atom. The van der Waals surface area contributed by atoms with Gasteiger partial charge >= 0.3 is 0 Å². The smallest absolute Gasteiger partial charge is 0.0855 e. The fourth-order valence-electron chi connectivity index (χ4n) is 0.782. The summed E-state index contributed by atoms with van der Waals surface area (Å²) < 4.78 is 0. The third-order valence-corrected chi connectivity index (χ3v) is 1.49. The number of anilines is 1. The first-order valence-electron chi connectivity index (χ1n) is 3.27. The van der Waals surface area contributed by atoms with Crippen molar-refractivity contribution in [3.05, 3.63) is 23.2 Å². The number of rotatable bonds is 1. The maximum absolute atomic E-state index is 5.69. The fourth-order valence-corrected chi connectivity index (χ4v) is 0.963. The highest BCUT2D eigenvalue weighted by atomic mass is 35.5. The van der Waals surface area contributed by atoms with E-state index in [-0.39, 0.29) is 0 Å². The van der Waals surface area contributed by atoms with Crippen molar-refractivity contribution in [2.45, 2.75) is 6.92 Å². The predicted molar refractivity (Wildman–Crippen MR) is 49.7 cm³/mol. The maximum Gasteiger partial charge on any atom is 0.0855 e. The number of benzene rings is 1. The normalized spacial score (nSPS) is 10.7. The van der Waals surface area contributed by atoms with Gasteiger partial charge in [0.05, 0.1) is 11.4 Å². The monoisotopic (exact) mass is 168 g/mol. The Kier molecular flexibility index (Phi) is 2.49. The average molecular weight is 169 g/mol. The SMILES string of the molecule is CC=Nc1ccc(Cl)cc1N. The summed E-state index contributed by atoms with van der Waals surface area (Å²) in [6.07, 6.45) is 1.69. The van der Waals surface area contributed by atoms with Crippen molar-refractivity contribution in [3.8, 4) is 0 Å². The molecule has 58 valence electrons. The molecule has 0 heterocycles. The second-order valence-electron chi connectivity index (χ2n) is 2.09. The van der Waals surface area contributed by atoms with Crippen LogP contribution in [0.2, 0.25) is 5.02 Å². The molecule has 0 saturated carbocycles. The van der Waals surface area contributed by atoms with Gasteiger partial charge < -0.3 is 5.73 Å². The second-order valence-corrected chi connectivity index (χ2v) is 2.53. The predicted octanol–water partition coefficient (Wildman–Crippen LogP) is 2.64. The molecular weight excluding hydrogens is 160 g/mol. The Bertz CT molecular complexity index is 281. The molecule has 2 nitrogen and oxygen atoms in total. The molecule has 0 radical (unpaired) electrons. The molecule has 0 aliphatic carbocycles. The van der Waals surface area contributed by atoms with Crippen molar-refractivity contribution in [1.29, 1.82) is 0 Å². The first kappa shape index (κ1) is 8.08. The van der Waals surface area contributed by atoms with Crippen LogP contribution in [0.4, 0.5) is 11.4 Å². The van der Waals surface area contributed by atoms with E-state index < -0.39 is 0 Å². The summed E-state index contributed by atoms with van der Waals surface area (Å²) in [5.41, 5.74) is 6.98. The molecule has 0 aliphatic heterocycles. The van der Waals surface area contributed by atoms with E-state index in [0.717, 1.165) is 5.69 Å². The van der Waals surface area contributed by atoms with Gasteiger partial charge in [-0.15, -0.1) is 0 Å². The van der Waals surface area contributed by atoms with Crippen LogP contribution in [0, 0.1) is 0 Å². The van der Waals surface area contributed by atoms with Crippen molar-refractivity contribution >= 4 is 29.2 Å². The summed E-state index contributed by atoms with van der Waals surface area (Å²) in [7, 11) is 0. The van der Waals surface area contributed by atoms with Gasteiger partial charge in [-0.1, -0.05) is 11.6 Å². The zero-order valence-electron chi connectivity index (χ0n) is 6.21. The largest absolute Gasteiger partial charge is 0.397 e. The third kappa shape index (κ3) is 1.95. The molecule has 2 N–H and O–H groups in total. The molecule has 1 aromatic carbocycles. The molecule has 11 heavy (non-hydrogen) atoms. The molecule has 1 rings (SSSR count). The molecule has 3 heteroatoms. The highest BCUT2D eigenvalue weighted by molar-refractivity contribution is 6.31. The lowest BCUT2D eigenvalue weighted by atomic mass is 10.3. The van der Waals surface area contributed by atoms with Crippen molar-refractivity contribution in [2.24, 2.45) is 4.99 Å². The highest BCUT2D eigenvalue weighted by Gasteiger charge is 1.95. The van der Waals surface area contributed by atoms with Crippen LogP contribution in [0.5, 0.6) is 0 Å². The van der Waals surface area contributed by atoms with E-state index in [9.17, 15) is 0 Å². The van der Waals surface area contributed by atoms with Gasteiger partial charge in [-0.25, -0.2) is 0 Å². The van der Waals surface area contributed by atoms with Gasteiger partial charge in [-0.05, 0) is 25.1 Å². The second kappa shape index (κ2) is 3.39. The number of aliphatic imine (C=N–C) groups is 1. The molecule has 1 aromatic rings. The van der Waals surface area contributed by atoms with Gasteiger partial charge in [0.15, 0.2) is 0 Å². The van der Waals surface area contributed by atoms with Crippen LogP contribution >= 0.6 is 11.6 Å². The molecule has 0 saturated heterocycles. The minimum Gasteiger partial charge on any atom is -0.397 e. The van der Waals surface area contributed by atoms with E-state index in [4.69, 9.17) is 17.3 Å². The zero-order chi connectivity index (χ0) is 8.27. The topological polar surface area (TPSA) is 38.4 Å². The Labute approximate surface area is 70.7 Å². The Balaban J connectivity index is 3.09. The summed E-state index contributed by atoms with van der Waals surface area (Å²) in [5, 5.41) is 0.637. The maximum atomic E-state index is 5.69. The van der Waals surface area contributed by atoms with Gasteiger partial charge in [0, 0.05) is 11.2 Å². The lowest BCUT2D eigenvalue weighted by Gasteiger charge is -1.98. The van der Waals surface area contributed by atoms with Gasteiger partial charge in [0.25, 0.3) is 0 Å². The Morgan fingerprint density at radius 1 is 1.55 bits per heavy atom. The van der Waals surface area contributed by atoms with E-state index in [1.165, 1.54) is 0 Å². The average Bonchev–Trinajstić information content (AvgIpc) is 1.95. The lowest BCUT2D eigenvalue weighted by molar-refractivity contribution is 1.52. The molecule has 0 spiro atoms. The van der Waals surface area contributed by atoms with Crippen LogP contribution < -0.4 is 5.73 Å². The number of nitrogens with two attached hydrogens (primary N) is 1. The van der Waals surface area contributed by atoms with Gasteiger partial charge in [0.1, 0.15) is 0 Å². The number of nitrogens with zero attached hydrogens (tertiary/aromatic N) is 1.